The number of likely N-dealkylation sites (tertiary alicyclic amines) is 2. The number of hydrogen-bond acceptors (Lipinski definition) is 3. The Balaban J connectivity index is 1.91. The zero-order chi connectivity index (χ0) is 17.9. The fourth-order valence-corrected chi connectivity index (χ4v) is 3.64. The topological polar surface area (TPSA) is 52.7 Å². The zero-order valence-corrected chi connectivity index (χ0v) is 14.2. The van der Waals surface area contributed by atoms with Gasteiger partial charge in [-0.3, -0.25) is 9.59 Å². The summed E-state index contributed by atoms with van der Waals surface area (Å²) in [5, 5.41) is 3.27. The van der Waals surface area contributed by atoms with Crippen LogP contribution in [0.4, 0.5) is 13.2 Å². The van der Waals surface area contributed by atoms with E-state index in [0.29, 0.717) is 25.9 Å². The quantitative estimate of drug-likeness (QED) is 0.823. The predicted octanol–water partition coefficient (Wildman–Crippen LogP) is 1.78. The summed E-state index contributed by atoms with van der Waals surface area (Å²) >= 11 is 0. The third-order valence-corrected chi connectivity index (χ3v) is 5.00. The number of rotatable bonds is 5. The molecule has 2 amide bonds. The molecule has 24 heavy (non-hydrogen) atoms. The molecule has 2 heterocycles. The van der Waals surface area contributed by atoms with Crippen molar-refractivity contribution in [1.29, 1.82) is 0 Å². The van der Waals surface area contributed by atoms with E-state index in [4.69, 9.17) is 0 Å². The standard InChI is InChI=1S/C16H26F3N3O2/c1-3-11-9-21(14(23)4-2)7-5-12(11)20-13-6-8-22(15(13)24)10-16(17,18)19/h11-13,20H,3-10H2,1-2H3/t11-,12+,13+/m1/s1. The first-order chi connectivity index (χ1) is 11.2. The van der Waals surface area contributed by atoms with Crippen LogP contribution in [0.1, 0.15) is 39.5 Å². The lowest BCUT2D eigenvalue weighted by Crippen LogP contribution is -2.54. The van der Waals surface area contributed by atoms with Crippen molar-refractivity contribution in [2.24, 2.45) is 5.92 Å². The number of nitrogens with one attached hydrogen (secondary N) is 1. The molecule has 2 aliphatic rings. The monoisotopic (exact) mass is 349 g/mol. The highest BCUT2D eigenvalue weighted by Crippen LogP contribution is 2.25. The van der Waals surface area contributed by atoms with Crippen LogP contribution in [0, 0.1) is 5.92 Å². The third-order valence-electron chi connectivity index (χ3n) is 5.00. The maximum atomic E-state index is 12.5. The number of hydrogen-bond donors (Lipinski definition) is 1. The average molecular weight is 349 g/mol. The van der Waals surface area contributed by atoms with Crippen LogP contribution in [-0.4, -0.2) is 66.1 Å². The normalized spacial score (nSPS) is 28.5. The number of carbonyl (C=O) groups is 2. The van der Waals surface area contributed by atoms with E-state index in [2.05, 4.69) is 5.32 Å². The minimum Gasteiger partial charge on any atom is -0.342 e. The van der Waals surface area contributed by atoms with Crippen molar-refractivity contribution in [2.75, 3.05) is 26.2 Å². The van der Waals surface area contributed by atoms with Gasteiger partial charge in [-0.25, -0.2) is 0 Å². The molecule has 8 heteroatoms. The number of carbonyl (C=O) groups excluding carboxylic acids is 2. The molecular weight excluding hydrogens is 323 g/mol. The van der Waals surface area contributed by atoms with Crippen LogP contribution in [0.5, 0.6) is 0 Å². The Morgan fingerprint density at radius 3 is 2.54 bits per heavy atom. The van der Waals surface area contributed by atoms with Gasteiger partial charge in [-0.1, -0.05) is 20.3 Å². The van der Waals surface area contributed by atoms with Gasteiger partial charge < -0.3 is 15.1 Å². The molecule has 2 fully saturated rings. The summed E-state index contributed by atoms with van der Waals surface area (Å²) in [6.45, 7) is 4.11. The Labute approximate surface area is 140 Å². The van der Waals surface area contributed by atoms with Gasteiger partial charge in [0.05, 0.1) is 6.04 Å². The lowest BCUT2D eigenvalue weighted by molar-refractivity contribution is -0.158. The van der Waals surface area contributed by atoms with E-state index in [-0.39, 0.29) is 24.4 Å². The molecule has 0 unspecified atom stereocenters. The summed E-state index contributed by atoms with van der Waals surface area (Å²) < 4.78 is 37.5. The highest BCUT2D eigenvalue weighted by Gasteiger charge is 2.41. The van der Waals surface area contributed by atoms with E-state index in [1.807, 2.05) is 18.7 Å². The maximum Gasteiger partial charge on any atom is 0.406 e. The van der Waals surface area contributed by atoms with Crippen molar-refractivity contribution < 1.29 is 22.8 Å². The molecule has 2 aliphatic heterocycles. The lowest BCUT2D eigenvalue weighted by Gasteiger charge is -2.39. The number of nitrogens with zero attached hydrogens (tertiary/aromatic N) is 2. The molecule has 3 atom stereocenters. The van der Waals surface area contributed by atoms with Crippen LogP contribution >= 0.6 is 0 Å². The summed E-state index contributed by atoms with van der Waals surface area (Å²) in [5.74, 6) is -0.117. The number of amides is 2. The van der Waals surface area contributed by atoms with Crippen molar-refractivity contribution in [1.82, 2.24) is 15.1 Å². The van der Waals surface area contributed by atoms with Gasteiger partial charge >= 0.3 is 6.18 Å². The molecule has 2 rings (SSSR count). The average Bonchev–Trinajstić information content (AvgIpc) is 2.86. The molecule has 2 saturated heterocycles. The van der Waals surface area contributed by atoms with Crippen molar-refractivity contribution >= 4 is 11.8 Å². The highest BCUT2D eigenvalue weighted by molar-refractivity contribution is 5.84. The number of piperidine rings is 1. The molecule has 0 saturated carbocycles. The fraction of sp³-hybridized carbons (Fsp3) is 0.875. The molecule has 5 nitrogen and oxygen atoms in total. The van der Waals surface area contributed by atoms with E-state index in [1.165, 1.54) is 0 Å². The van der Waals surface area contributed by atoms with Crippen LogP contribution in [-0.2, 0) is 9.59 Å². The van der Waals surface area contributed by atoms with Crippen molar-refractivity contribution in [3.8, 4) is 0 Å². The molecule has 1 N–H and O–H groups in total. The summed E-state index contributed by atoms with van der Waals surface area (Å²) in [7, 11) is 0. The van der Waals surface area contributed by atoms with Crippen molar-refractivity contribution in [3.63, 3.8) is 0 Å². The smallest absolute Gasteiger partial charge is 0.342 e. The third kappa shape index (κ3) is 4.62. The van der Waals surface area contributed by atoms with Gasteiger partial charge in [-0.15, -0.1) is 0 Å². The largest absolute Gasteiger partial charge is 0.406 e. The SMILES string of the molecule is CCC(=O)N1CC[C@H](N[C@H]2CCN(CC(F)(F)F)C2=O)[C@H](CC)C1. The first-order valence-corrected chi connectivity index (χ1v) is 8.64. The van der Waals surface area contributed by atoms with Crippen LogP contribution in [0.2, 0.25) is 0 Å². The van der Waals surface area contributed by atoms with Crippen LogP contribution < -0.4 is 5.32 Å². The number of halogens is 3. The molecule has 138 valence electrons. The molecule has 0 aliphatic carbocycles. The minimum atomic E-state index is -4.36. The fourth-order valence-electron chi connectivity index (χ4n) is 3.64. The van der Waals surface area contributed by atoms with Gasteiger partial charge in [0.25, 0.3) is 0 Å². The second kappa shape index (κ2) is 7.72. The van der Waals surface area contributed by atoms with E-state index >= 15 is 0 Å². The maximum absolute atomic E-state index is 12.5. The highest BCUT2D eigenvalue weighted by atomic mass is 19.4. The lowest BCUT2D eigenvalue weighted by atomic mass is 9.89. The van der Waals surface area contributed by atoms with E-state index in [9.17, 15) is 22.8 Å². The first-order valence-electron chi connectivity index (χ1n) is 8.64. The predicted molar refractivity (Wildman–Crippen MR) is 83.2 cm³/mol. The Bertz CT molecular complexity index is 470. The van der Waals surface area contributed by atoms with Crippen molar-refractivity contribution in [2.45, 2.75) is 57.8 Å². The summed E-state index contributed by atoms with van der Waals surface area (Å²) in [5.41, 5.74) is 0. The second-order valence-corrected chi connectivity index (χ2v) is 6.64. The van der Waals surface area contributed by atoms with Gasteiger partial charge in [0.2, 0.25) is 11.8 Å². The zero-order valence-electron chi connectivity index (χ0n) is 14.2. The first kappa shape index (κ1) is 19.0. The van der Waals surface area contributed by atoms with Crippen LogP contribution in [0.25, 0.3) is 0 Å². The Morgan fingerprint density at radius 2 is 1.96 bits per heavy atom. The van der Waals surface area contributed by atoms with E-state index in [0.717, 1.165) is 17.7 Å². The molecule has 0 radical (unpaired) electrons. The molecule has 0 aromatic heterocycles. The minimum absolute atomic E-state index is 0.0655. The van der Waals surface area contributed by atoms with Gasteiger partial charge in [0, 0.05) is 32.1 Å². The van der Waals surface area contributed by atoms with Crippen molar-refractivity contribution in [3.05, 3.63) is 0 Å². The molecule has 0 aromatic carbocycles. The van der Waals surface area contributed by atoms with E-state index < -0.39 is 24.7 Å². The Kier molecular flexibility index (Phi) is 6.11. The van der Waals surface area contributed by atoms with Crippen LogP contribution in [0.3, 0.4) is 0 Å². The van der Waals surface area contributed by atoms with Gasteiger partial charge in [-0.2, -0.15) is 13.2 Å². The molecule has 0 aromatic rings. The molecular formula is C16H26F3N3O2. The Morgan fingerprint density at radius 1 is 1.25 bits per heavy atom. The second-order valence-electron chi connectivity index (χ2n) is 6.64. The van der Waals surface area contributed by atoms with Gasteiger partial charge in [0.15, 0.2) is 0 Å². The van der Waals surface area contributed by atoms with Gasteiger partial charge in [0.1, 0.15) is 6.54 Å². The summed E-state index contributed by atoms with van der Waals surface area (Å²) in [6.07, 6.45) is -1.89. The van der Waals surface area contributed by atoms with E-state index in [1.54, 1.807) is 0 Å². The molecule has 0 bridgehead atoms. The van der Waals surface area contributed by atoms with Gasteiger partial charge in [-0.05, 0) is 18.8 Å². The number of alkyl halides is 3. The summed E-state index contributed by atoms with van der Waals surface area (Å²) in [4.78, 5) is 26.7. The summed E-state index contributed by atoms with van der Waals surface area (Å²) in [6, 6.07) is -0.476. The van der Waals surface area contributed by atoms with Crippen LogP contribution in [0.15, 0.2) is 0 Å². The molecule has 0 spiro atoms. The Hall–Kier alpha value is -1.31.